The normalized spacial score (nSPS) is 19.1. The summed E-state index contributed by atoms with van der Waals surface area (Å²) < 4.78 is 29.9. The third-order valence-electron chi connectivity index (χ3n) is 6.49. The maximum absolute atomic E-state index is 14.3. The molecular formula is C23H26F2N6. The number of hydrogen-bond donors (Lipinski definition) is 0. The highest BCUT2D eigenvalue weighted by atomic mass is 19.1. The SMILES string of the molecule is Fc1ccc(C(c2nnnn2C2CCCC2)N2CCN(c3ccccc3F)CC2)cc1. The summed E-state index contributed by atoms with van der Waals surface area (Å²) in [5, 5.41) is 12.7. The van der Waals surface area contributed by atoms with Gasteiger partial charge in [0.15, 0.2) is 5.82 Å². The summed E-state index contributed by atoms with van der Waals surface area (Å²) in [6.45, 7) is 2.86. The van der Waals surface area contributed by atoms with Crippen molar-refractivity contribution in [2.75, 3.05) is 31.1 Å². The van der Waals surface area contributed by atoms with Crippen molar-refractivity contribution in [3.63, 3.8) is 0 Å². The minimum atomic E-state index is -0.262. The maximum Gasteiger partial charge on any atom is 0.173 e. The second-order valence-electron chi connectivity index (χ2n) is 8.35. The number of nitrogens with zero attached hydrogens (tertiary/aromatic N) is 6. The highest BCUT2D eigenvalue weighted by Gasteiger charge is 2.33. The lowest BCUT2D eigenvalue weighted by molar-refractivity contribution is 0.197. The van der Waals surface area contributed by atoms with Crippen LogP contribution >= 0.6 is 0 Å². The molecule has 1 aliphatic carbocycles. The third kappa shape index (κ3) is 4.04. The number of halogens is 2. The fourth-order valence-corrected chi connectivity index (χ4v) is 4.89. The van der Waals surface area contributed by atoms with Crippen LogP contribution in [0.4, 0.5) is 14.5 Å². The molecule has 6 nitrogen and oxygen atoms in total. The van der Waals surface area contributed by atoms with Crippen molar-refractivity contribution >= 4 is 5.69 Å². The van der Waals surface area contributed by atoms with Gasteiger partial charge in [-0.25, -0.2) is 13.5 Å². The topological polar surface area (TPSA) is 50.1 Å². The lowest BCUT2D eigenvalue weighted by Gasteiger charge is -2.40. The van der Waals surface area contributed by atoms with Gasteiger partial charge >= 0.3 is 0 Å². The molecule has 0 radical (unpaired) electrons. The Labute approximate surface area is 180 Å². The Balaban J connectivity index is 1.43. The lowest BCUT2D eigenvalue weighted by Crippen LogP contribution is -2.48. The van der Waals surface area contributed by atoms with Gasteiger partial charge in [-0.2, -0.15) is 0 Å². The quantitative estimate of drug-likeness (QED) is 0.620. The first kappa shape index (κ1) is 20.1. The van der Waals surface area contributed by atoms with Gasteiger partial charge in [-0.1, -0.05) is 37.1 Å². The highest BCUT2D eigenvalue weighted by molar-refractivity contribution is 5.48. The first-order chi connectivity index (χ1) is 15.2. The van der Waals surface area contributed by atoms with Crippen molar-refractivity contribution in [2.45, 2.75) is 37.8 Å². The van der Waals surface area contributed by atoms with E-state index in [9.17, 15) is 8.78 Å². The molecule has 1 aliphatic heterocycles. The molecule has 1 saturated carbocycles. The second kappa shape index (κ2) is 8.70. The number of rotatable bonds is 5. The first-order valence-electron chi connectivity index (χ1n) is 11.0. The molecule has 162 valence electrons. The van der Waals surface area contributed by atoms with Gasteiger partial charge in [0, 0.05) is 26.2 Å². The highest BCUT2D eigenvalue weighted by Crippen LogP contribution is 2.35. The number of tetrazole rings is 1. The van der Waals surface area contributed by atoms with Gasteiger partial charge in [0.05, 0.1) is 17.8 Å². The summed E-state index contributed by atoms with van der Waals surface area (Å²) >= 11 is 0. The molecule has 0 N–H and O–H groups in total. The zero-order valence-corrected chi connectivity index (χ0v) is 17.4. The Morgan fingerprint density at radius 3 is 2.29 bits per heavy atom. The summed E-state index contributed by atoms with van der Waals surface area (Å²) in [6, 6.07) is 13.6. The molecule has 1 saturated heterocycles. The predicted octanol–water partition coefficient (Wildman–Crippen LogP) is 3.98. The first-order valence-corrected chi connectivity index (χ1v) is 11.0. The van der Waals surface area contributed by atoms with E-state index in [1.807, 2.05) is 28.9 Å². The molecule has 1 atom stereocenters. The molecule has 5 rings (SSSR count). The van der Waals surface area contributed by atoms with Crippen LogP contribution < -0.4 is 4.90 Å². The fourth-order valence-electron chi connectivity index (χ4n) is 4.89. The van der Waals surface area contributed by atoms with Crippen molar-refractivity contribution in [1.29, 1.82) is 0 Å². The minimum absolute atomic E-state index is 0.168. The summed E-state index contributed by atoms with van der Waals surface area (Å²) in [5.74, 6) is 0.344. The van der Waals surface area contributed by atoms with Crippen molar-refractivity contribution in [3.05, 3.63) is 71.6 Å². The van der Waals surface area contributed by atoms with Gasteiger partial charge in [-0.15, -0.1) is 5.10 Å². The van der Waals surface area contributed by atoms with Crippen molar-refractivity contribution in [2.24, 2.45) is 0 Å². The van der Waals surface area contributed by atoms with E-state index in [-0.39, 0.29) is 17.7 Å². The van der Waals surface area contributed by atoms with Crippen LogP contribution in [-0.2, 0) is 0 Å². The zero-order valence-electron chi connectivity index (χ0n) is 17.4. The van der Waals surface area contributed by atoms with Gasteiger partial charge in [-0.3, -0.25) is 4.90 Å². The monoisotopic (exact) mass is 424 g/mol. The molecule has 2 aromatic carbocycles. The number of aromatic nitrogens is 4. The largest absolute Gasteiger partial charge is 0.367 e. The predicted molar refractivity (Wildman–Crippen MR) is 114 cm³/mol. The standard InChI is InChI=1S/C23H26F2N6/c24-18-11-9-17(10-12-18)22(23-26-27-28-31(23)19-5-1-2-6-19)30-15-13-29(14-16-30)21-8-4-3-7-20(21)25/h3-4,7-12,19,22H,1-2,5-6,13-16H2. The molecule has 0 amide bonds. The van der Waals surface area contributed by atoms with Crippen LogP contribution in [0.25, 0.3) is 0 Å². The number of benzene rings is 2. The number of para-hydroxylation sites is 1. The van der Waals surface area contributed by atoms with Crippen LogP contribution in [0, 0.1) is 11.6 Å². The Bertz CT molecular complexity index is 1010. The average molecular weight is 424 g/mol. The van der Waals surface area contributed by atoms with E-state index < -0.39 is 0 Å². The second-order valence-corrected chi connectivity index (χ2v) is 8.35. The van der Waals surface area contributed by atoms with E-state index in [0.29, 0.717) is 24.8 Å². The fraction of sp³-hybridized carbons (Fsp3) is 0.435. The molecule has 1 unspecified atom stereocenters. The van der Waals surface area contributed by atoms with Crippen molar-refractivity contribution < 1.29 is 8.78 Å². The molecule has 2 aliphatic rings. The van der Waals surface area contributed by atoms with E-state index >= 15 is 0 Å². The zero-order chi connectivity index (χ0) is 21.2. The Morgan fingerprint density at radius 1 is 0.871 bits per heavy atom. The average Bonchev–Trinajstić information content (AvgIpc) is 3.48. The van der Waals surface area contributed by atoms with Crippen LogP contribution in [0.2, 0.25) is 0 Å². The van der Waals surface area contributed by atoms with E-state index in [1.54, 1.807) is 6.07 Å². The van der Waals surface area contributed by atoms with Crippen LogP contribution in [0.15, 0.2) is 48.5 Å². The summed E-state index contributed by atoms with van der Waals surface area (Å²) in [6.07, 6.45) is 4.53. The van der Waals surface area contributed by atoms with Crippen LogP contribution in [-0.4, -0.2) is 51.3 Å². The molecule has 3 aromatic rings. The molecule has 2 heterocycles. The third-order valence-corrected chi connectivity index (χ3v) is 6.49. The van der Waals surface area contributed by atoms with Crippen molar-refractivity contribution in [3.8, 4) is 0 Å². The van der Waals surface area contributed by atoms with Gasteiger partial charge < -0.3 is 4.90 Å². The van der Waals surface area contributed by atoms with Crippen molar-refractivity contribution in [1.82, 2.24) is 25.1 Å². The van der Waals surface area contributed by atoms with E-state index in [2.05, 4.69) is 25.3 Å². The Hall–Kier alpha value is -2.87. The molecule has 0 bridgehead atoms. The minimum Gasteiger partial charge on any atom is -0.367 e. The maximum atomic E-state index is 14.3. The number of anilines is 1. The number of hydrogen-bond acceptors (Lipinski definition) is 5. The smallest absolute Gasteiger partial charge is 0.173 e. The number of piperazine rings is 1. The van der Waals surface area contributed by atoms with Crippen LogP contribution in [0.5, 0.6) is 0 Å². The molecule has 0 spiro atoms. The van der Waals surface area contributed by atoms with Crippen LogP contribution in [0.1, 0.15) is 49.2 Å². The van der Waals surface area contributed by atoms with E-state index in [1.165, 1.54) is 31.0 Å². The van der Waals surface area contributed by atoms with Gasteiger partial charge in [0.1, 0.15) is 11.6 Å². The molecular weight excluding hydrogens is 398 g/mol. The van der Waals surface area contributed by atoms with E-state index in [4.69, 9.17) is 0 Å². The summed E-state index contributed by atoms with van der Waals surface area (Å²) in [4.78, 5) is 4.40. The molecule has 2 fully saturated rings. The van der Waals surface area contributed by atoms with E-state index in [0.717, 1.165) is 37.3 Å². The Kier molecular flexibility index (Phi) is 5.63. The molecule has 8 heteroatoms. The van der Waals surface area contributed by atoms with Gasteiger partial charge in [0.25, 0.3) is 0 Å². The van der Waals surface area contributed by atoms with Gasteiger partial charge in [-0.05, 0) is 53.1 Å². The summed E-state index contributed by atoms with van der Waals surface area (Å²) in [7, 11) is 0. The van der Waals surface area contributed by atoms with Crippen LogP contribution in [0.3, 0.4) is 0 Å². The summed E-state index contributed by atoms with van der Waals surface area (Å²) in [5.41, 5.74) is 1.60. The Morgan fingerprint density at radius 2 is 1.58 bits per heavy atom. The van der Waals surface area contributed by atoms with Gasteiger partial charge in [0.2, 0.25) is 0 Å². The molecule has 1 aromatic heterocycles. The lowest BCUT2D eigenvalue weighted by atomic mass is 10.0. The molecule has 31 heavy (non-hydrogen) atoms.